The quantitative estimate of drug-likeness (QED) is 0.883. The van der Waals surface area contributed by atoms with Crippen molar-refractivity contribution >= 4 is 24.8 Å². The van der Waals surface area contributed by atoms with Crippen LogP contribution in [0, 0.1) is 5.92 Å². The lowest BCUT2D eigenvalue weighted by Crippen LogP contribution is -2.31. The molecule has 23 heavy (non-hydrogen) atoms. The molecule has 1 aromatic heterocycles. The lowest BCUT2D eigenvalue weighted by molar-refractivity contribution is 0.265. The second-order valence-corrected chi connectivity index (χ2v) is 6.20. The molecule has 2 fully saturated rings. The van der Waals surface area contributed by atoms with Gasteiger partial charge in [-0.15, -0.1) is 24.8 Å². The highest BCUT2D eigenvalue weighted by Crippen LogP contribution is 2.47. The largest absolute Gasteiger partial charge is 0.338 e. The van der Waals surface area contributed by atoms with Gasteiger partial charge in [0, 0.05) is 18.7 Å². The third-order valence-corrected chi connectivity index (χ3v) is 5.09. The van der Waals surface area contributed by atoms with E-state index in [2.05, 4.69) is 10.5 Å². The zero-order valence-electron chi connectivity index (χ0n) is 12.8. The number of fused-ring (bicyclic) bond motifs is 1. The summed E-state index contributed by atoms with van der Waals surface area (Å²) in [4.78, 5) is 4.70. The molecule has 2 aromatic rings. The molecule has 7 heteroatoms. The third kappa shape index (κ3) is 2.98. The normalized spacial score (nSPS) is 25.5. The van der Waals surface area contributed by atoms with Gasteiger partial charge in [0.05, 0.1) is 5.41 Å². The molecule has 1 saturated carbocycles. The predicted octanol–water partition coefficient (Wildman–Crippen LogP) is 2.68. The van der Waals surface area contributed by atoms with Crippen molar-refractivity contribution in [2.45, 2.75) is 31.2 Å². The fourth-order valence-corrected chi connectivity index (χ4v) is 3.83. The van der Waals surface area contributed by atoms with Gasteiger partial charge in [-0.2, -0.15) is 4.98 Å². The number of hydrogen-bond donors (Lipinski definition) is 2. The summed E-state index contributed by atoms with van der Waals surface area (Å²) in [7, 11) is 0. The molecule has 4 rings (SSSR count). The fraction of sp³-hybridized carbons (Fsp3) is 0.500. The summed E-state index contributed by atoms with van der Waals surface area (Å²) in [5.41, 5.74) is 7.79. The number of benzene rings is 1. The highest BCUT2D eigenvalue weighted by molar-refractivity contribution is 5.85. The van der Waals surface area contributed by atoms with E-state index in [1.54, 1.807) is 0 Å². The van der Waals surface area contributed by atoms with E-state index in [1.165, 1.54) is 12.8 Å². The average Bonchev–Trinajstić information content (AvgIpc) is 3.21. The number of rotatable bonds is 3. The number of nitrogens with zero attached hydrogens (tertiary/aromatic N) is 2. The summed E-state index contributed by atoms with van der Waals surface area (Å²) in [6, 6.07) is 8.04. The minimum Gasteiger partial charge on any atom is -0.338 e. The Labute approximate surface area is 148 Å². The SMILES string of the molecule is Cl.Cl.NCc1ccc(-c2noc([C@@]34CCC[C@@H]3CNC4)n2)cc1. The van der Waals surface area contributed by atoms with Crippen LogP contribution in [0.25, 0.3) is 11.4 Å². The molecule has 0 unspecified atom stereocenters. The Hall–Kier alpha value is -1.14. The van der Waals surface area contributed by atoms with Crippen molar-refractivity contribution in [1.82, 2.24) is 15.5 Å². The maximum absolute atomic E-state index is 5.64. The van der Waals surface area contributed by atoms with Crippen LogP contribution < -0.4 is 11.1 Å². The minimum atomic E-state index is 0. The second-order valence-electron chi connectivity index (χ2n) is 6.20. The highest BCUT2D eigenvalue weighted by Gasteiger charge is 2.51. The number of hydrogen-bond acceptors (Lipinski definition) is 5. The molecule has 1 saturated heterocycles. The Balaban J connectivity index is 0.000000960. The van der Waals surface area contributed by atoms with E-state index >= 15 is 0 Å². The molecule has 1 aliphatic carbocycles. The first-order chi connectivity index (χ1) is 10.3. The van der Waals surface area contributed by atoms with Gasteiger partial charge in [-0.25, -0.2) is 0 Å². The lowest BCUT2D eigenvalue weighted by Gasteiger charge is -2.22. The van der Waals surface area contributed by atoms with Crippen LogP contribution in [0.4, 0.5) is 0 Å². The third-order valence-electron chi connectivity index (χ3n) is 5.09. The van der Waals surface area contributed by atoms with E-state index < -0.39 is 0 Å². The summed E-state index contributed by atoms with van der Waals surface area (Å²) in [5.74, 6) is 2.14. The van der Waals surface area contributed by atoms with Crippen LogP contribution in [0.2, 0.25) is 0 Å². The van der Waals surface area contributed by atoms with Crippen LogP contribution >= 0.6 is 24.8 Å². The highest BCUT2D eigenvalue weighted by atomic mass is 35.5. The van der Waals surface area contributed by atoms with E-state index in [1.807, 2.05) is 24.3 Å². The van der Waals surface area contributed by atoms with Gasteiger partial charge in [0.2, 0.25) is 11.7 Å². The monoisotopic (exact) mass is 356 g/mol. The van der Waals surface area contributed by atoms with Gasteiger partial charge in [0.1, 0.15) is 0 Å². The predicted molar refractivity (Wildman–Crippen MR) is 94.0 cm³/mol. The van der Waals surface area contributed by atoms with Crippen LogP contribution in [0.3, 0.4) is 0 Å². The van der Waals surface area contributed by atoms with Gasteiger partial charge < -0.3 is 15.6 Å². The topological polar surface area (TPSA) is 77.0 Å². The van der Waals surface area contributed by atoms with Crippen molar-refractivity contribution in [2.75, 3.05) is 13.1 Å². The van der Waals surface area contributed by atoms with Crippen molar-refractivity contribution in [1.29, 1.82) is 0 Å². The van der Waals surface area contributed by atoms with Gasteiger partial charge >= 0.3 is 0 Å². The minimum absolute atomic E-state index is 0. The lowest BCUT2D eigenvalue weighted by atomic mass is 9.80. The Morgan fingerprint density at radius 3 is 2.78 bits per heavy atom. The summed E-state index contributed by atoms with van der Waals surface area (Å²) in [6.07, 6.45) is 3.67. The van der Waals surface area contributed by atoms with E-state index in [0.717, 1.165) is 36.5 Å². The molecule has 1 aliphatic heterocycles. The maximum Gasteiger partial charge on any atom is 0.234 e. The van der Waals surface area contributed by atoms with Crippen LogP contribution in [0.15, 0.2) is 28.8 Å². The van der Waals surface area contributed by atoms with E-state index in [4.69, 9.17) is 15.2 Å². The summed E-state index contributed by atoms with van der Waals surface area (Å²) < 4.78 is 5.64. The number of nitrogens with one attached hydrogen (secondary N) is 1. The van der Waals surface area contributed by atoms with Gasteiger partial charge in [-0.3, -0.25) is 0 Å². The molecule has 0 bridgehead atoms. The van der Waals surface area contributed by atoms with Gasteiger partial charge in [0.25, 0.3) is 0 Å². The average molecular weight is 357 g/mol. The molecule has 0 amide bonds. The van der Waals surface area contributed by atoms with E-state index in [0.29, 0.717) is 18.3 Å². The van der Waals surface area contributed by atoms with Gasteiger partial charge in [0.15, 0.2) is 0 Å². The van der Waals surface area contributed by atoms with Gasteiger partial charge in [-0.05, 0) is 30.9 Å². The summed E-state index contributed by atoms with van der Waals surface area (Å²) in [5, 5.41) is 7.68. The fourth-order valence-electron chi connectivity index (χ4n) is 3.83. The molecular weight excluding hydrogens is 335 g/mol. The first kappa shape index (κ1) is 18.2. The van der Waals surface area contributed by atoms with E-state index in [9.17, 15) is 0 Å². The number of aromatic nitrogens is 2. The smallest absolute Gasteiger partial charge is 0.234 e. The molecule has 126 valence electrons. The maximum atomic E-state index is 5.64. The Morgan fingerprint density at radius 1 is 1.26 bits per heavy atom. The molecule has 5 nitrogen and oxygen atoms in total. The van der Waals surface area contributed by atoms with Crippen molar-refractivity contribution in [3.63, 3.8) is 0 Å². The van der Waals surface area contributed by atoms with Crippen molar-refractivity contribution in [2.24, 2.45) is 11.7 Å². The standard InChI is InChI=1S/C16H20N4O.2ClH/c17-8-11-3-5-12(6-4-11)14-19-15(21-20-14)16-7-1-2-13(16)9-18-10-16;;/h3-6,13,18H,1-2,7-10,17H2;2*1H/t13-,16-;;/m1../s1. The van der Waals surface area contributed by atoms with Crippen LogP contribution in [-0.4, -0.2) is 23.2 Å². The zero-order valence-corrected chi connectivity index (χ0v) is 14.5. The first-order valence-electron chi connectivity index (χ1n) is 7.66. The molecule has 2 aliphatic rings. The molecule has 0 radical (unpaired) electrons. The zero-order chi connectivity index (χ0) is 14.3. The Kier molecular flexibility index (Phi) is 5.68. The first-order valence-corrected chi connectivity index (χ1v) is 7.66. The van der Waals surface area contributed by atoms with E-state index in [-0.39, 0.29) is 30.2 Å². The molecule has 0 spiro atoms. The number of nitrogens with two attached hydrogens (primary N) is 1. The molecule has 3 N–H and O–H groups in total. The Morgan fingerprint density at radius 2 is 2.04 bits per heavy atom. The summed E-state index contributed by atoms with van der Waals surface area (Å²) >= 11 is 0. The molecule has 2 atom stereocenters. The summed E-state index contributed by atoms with van der Waals surface area (Å²) in [6.45, 7) is 2.59. The van der Waals surface area contributed by atoms with Crippen LogP contribution in [-0.2, 0) is 12.0 Å². The molecule has 2 heterocycles. The van der Waals surface area contributed by atoms with Crippen LogP contribution in [0.1, 0.15) is 30.7 Å². The van der Waals surface area contributed by atoms with Crippen molar-refractivity contribution in [3.05, 3.63) is 35.7 Å². The van der Waals surface area contributed by atoms with Crippen molar-refractivity contribution < 1.29 is 4.52 Å². The molecular formula is C16H22Cl2N4O. The molecule has 1 aromatic carbocycles. The number of halogens is 2. The Bertz CT molecular complexity index is 634. The van der Waals surface area contributed by atoms with Crippen LogP contribution in [0.5, 0.6) is 0 Å². The van der Waals surface area contributed by atoms with Gasteiger partial charge in [-0.1, -0.05) is 35.8 Å². The second kappa shape index (κ2) is 7.18. The van der Waals surface area contributed by atoms with Crippen molar-refractivity contribution in [3.8, 4) is 11.4 Å².